The van der Waals surface area contributed by atoms with Crippen LogP contribution in [0.3, 0.4) is 0 Å². The molecule has 0 N–H and O–H groups in total. The summed E-state index contributed by atoms with van der Waals surface area (Å²) in [6, 6.07) is 20.1. The van der Waals surface area contributed by atoms with E-state index in [1.54, 1.807) is 0 Å². The Labute approximate surface area is 167 Å². The van der Waals surface area contributed by atoms with Crippen LogP contribution in [0, 0.1) is 11.3 Å². The lowest BCUT2D eigenvalue weighted by atomic mass is 9.73. The van der Waals surface area contributed by atoms with Gasteiger partial charge in [0, 0.05) is 22.9 Å². The van der Waals surface area contributed by atoms with Gasteiger partial charge in [0.1, 0.15) is 11.5 Å². The Balaban J connectivity index is 1.77. The van der Waals surface area contributed by atoms with Crippen molar-refractivity contribution in [1.29, 1.82) is 5.26 Å². The van der Waals surface area contributed by atoms with Crippen molar-refractivity contribution in [2.45, 2.75) is 31.6 Å². The van der Waals surface area contributed by atoms with Crippen LogP contribution in [-0.2, 0) is 9.53 Å². The van der Waals surface area contributed by atoms with Crippen molar-refractivity contribution in [2.24, 2.45) is 0 Å². The molecule has 3 nitrogen and oxygen atoms in total. The highest BCUT2D eigenvalue weighted by molar-refractivity contribution is 9.10. The Hall–Kier alpha value is -2.64. The van der Waals surface area contributed by atoms with E-state index >= 15 is 0 Å². The fraction of sp³-hybridized carbons (Fsp3) is 0.217. The SMILES string of the molecule is CC1=C(C#N)[C@@H](c2ccccc2)C2=C(C[C@H](c3ccc(Br)cc3)CC2=O)O1. The van der Waals surface area contributed by atoms with Crippen molar-refractivity contribution in [2.75, 3.05) is 0 Å². The summed E-state index contributed by atoms with van der Waals surface area (Å²) in [5.74, 6) is 1.13. The number of nitriles is 1. The molecule has 0 spiro atoms. The molecule has 0 aromatic heterocycles. The third kappa shape index (κ3) is 3.24. The van der Waals surface area contributed by atoms with Crippen molar-refractivity contribution >= 4 is 21.7 Å². The number of hydrogen-bond acceptors (Lipinski definition) is 3. The number of Topliss-reactive ketones (excluding diaryl/α,β-unsaturated/α-hetero) is 1. The van der Waals surface area contributed by atoms with Crippen molar-refractivity contribution in [3.05, 3.63) is 92.9 Å². The lowest BCUT2D eigenvalue weighted by Crippen LogP contribution is -2.27. The van der Waals surface area contributed by atoms with E-state index < -0.39 is 0 Å². The number of halogens is 1. The fourth-order valence-electron chi connectivity index (χ4n) is 3.99. The van der Waals surface area contributed by atoms with E-state index in [9.17, 15) is 10.1 Å². The first kappa shape index (κ1) is 17.8. The largest absolute Gasteiger partial charge is 0.465 e. The monoisotopic (exact) mass is 419 g/mol. The van der Waals surface area contributed by atoms with Crippen LogP contribution >= 0.6 is 15.9 Å². The van der Waals surface area contributed by atoms with Gasteiger partial charge in [-0.15, -0.1) is 0 Å². The minimum atomic E-state index is -0.335. The first-order chi connectivity index (χ1) is 13.1. The van der Waals surface area contributed by atoms with Gasteiger partial charge in [-0.25, -0.2) is 0 Å². The maximum absolute atomic E-state index is 13.2. The lowest BCUT2D eigenvalue weighted by Gasteiger charge is -2.34. The van der Waals surface area contributed by atoms with Crippen LogP contribution in [0.25, 0.3) is 0 Å². The van der Waals surface area contributed by atoms with Crippen LogP contribution < -0.4 is 0 Å². The predicted octanol–water partition coefficient (Wildman–Crippen LogP) is 5.76. The highest BCUT2D eigenvalue weighted by Crippen LogP contribution is 2.47. The number of carbonyl (C=O) groups excluding carboxylic acids is 1. The molecule has 1 heterocycles. The summed E-state index contributed by atoms with van der Waals surface area (Å²) < 4.78 is 7.02. The Morgan fingerprint density at radius 3 is 2.41 bits per heavy atom. The number of ether oxygens (including phenoxy) is 1. The Morgan fingerprint density at radius 2 is 1.74 bits per heavy atom. The number of benzene rings is 2. The average Bonchev–Trinajstić information content (AvgIpc) is 2.68. The van der Waals surface area contributed by atoms with Crippen molar-refractivity contribution in [3.8, 4) is 6.07 Å². The zero-order chi connectivity index (χ0) is 19.0. The van der Waals surface area contributed by atoms with Crippen molar-refractivity contribution in [1.82, 2.24) is 0 Å². The summed E-state index contributed by atoms with van der Waals surface area (Å²) in [6.45, 7) is 1.81. The molecule has 1 aliphatic carbocycles. The summed E-state index contributed by atoms with van der Waals surface area (Å²) >= 11 is 3.46. The van der Waals surface area contributed by atoms with Crippen LogP contribution in [0.2, 0.25) is 0 Å². The van der Waals surface area contributed by atoms with Gasteiger partial charge in [0.05, 0.1) is 17.6 Å². The van der Waals surface area contributed by atoms with Crippen molar-refractivity contribution < 1.29 is 9.53 Å². The molecule has 1 aliphatic heterocycles. The second-order valence-electron chi connectivity index (χ2n) is 6.94. The summed E-state index contributed by atoms with van der Waals surface area (Å²) in [5, 5.41) is 9.70. The maximum Gasteiger partial charge on any atom is 0.163 e. The van der Waals surface area contributed by atoms with Crippen molar-refractivity contribution in [3.63, 3.8) is 0 Å². The molecule has 4 heteroatoms. The van der Waals surface area contributed by atoms with Crippen LogP contribution in [0.5, 0.6) is 0 Å². The van der Waals surface area contributed by atoms with Crippen LogP contribution in [-0.4, -0.2) is 5.78 Å². The third-order valence-electron chi connectivity index (χ3n) is 5.29. The second-order valence-corrected chi connectivity index (χ2v) is 7.86. The van der Waals surface area contributed by atoms with Gasteiger partial charge >= 0.3 is 0 Å². The average molecular weight is 420 g/mol. The highest BCUT2D eigenvalue weighted by Gasteiger charge is 2.40. The molecular weight excluding hydrogens is 402 g/mol. The number of rotatable bonds is 2. The molecule has 4 rings (SSSR count). The molecule has 2 aromatic rings. The van der Waals surface area contributed by atoms with Crippen LogP contribution in [0.1, 0.15) is 42.7 Å². The summed E-state index contributed by atoms with van der Waals surface area (Å²) in [5.41, 5.74) is 3.26. The fourth-order valence-corrected chi connectivity index (χ4v) is 4.26. The number of nitrogens with zero attached hydrogens (tertiary/aromatic N) is 1. The molecule has 0 saturated heterocycles. The molecule has 2 aliphatic rings. The molecule has 0 bridgehead atoms. The quantitative estimate of drug-likeness (QED) is 0.621. The standard InChI is InChI=1S/C23H18BrNO2/c1-14-19(13-25)22(16-5-3-2-4-6-16)23-20(26)11-17(12-21(23)27-14)15-7-9-18(24)10-8-15/h2-10,17,22H,11-12H2,1H3/t17-,22-/m1/s1. The molecule has 0 radical (unpaired) electrons. The first-order valence-electron chi connectivity index (χ1n) is 8.94. The van der Waals surface area contributed by atoms with Gasteiger partial charge in [-0.2, -0.15) is 5.26 Å². The number of allylic oxidation sites excluding steroid dienone is 4. The molecule has 2 atom stereocenters. The molecule has 0 saturated carbocycles. The molecule has 0 amide bonds. The van der Waals surface area contributed by atoms with Crippen LogP contribution in [0.15, 0.2) is 81.7 Å². The molecule has 27 heavy (non-hydrogen) atoms. The topological polar surface area (TPSA) is 50.1 Å². The zero-order valence-corrected chi connectivity index (χ0v) is 16.5. The molecule has 134 valence electrons. The number of carbonyl (C=O) groups is 1. The van der Waals surface area contributed by atoms with E-state index in [0.717, 1.165) is 15.6 Å². The normalized spacial score (nSPS) is 22.2. The molecule has 2 aromatic carbocycles. The lowest BCUT2D eigenvalue weighted by molar-refractivity contribution is -0.117. The number of hydrogen-bond donors (Lipinski definition) is 0. The van der Waals surface area contributed by atoms with Gasteiger partial charge in [-0.1, -0.05) is 58.4 Å². The van der Waals surface area contributed by atoms with Crippen LogP contribution in [0.4, 0.5) is 0 Å². The highest BCUT2D eigenvalue weighted by atomic mass is 79.9. The van der Waals surface area contributed by atoms with E-state index in [-0.39, 0.29) is 17.6 Å². The van der Waals surface area contributed by atoms with Gasteiger partial charge in [0.15, 0.2) is 5.78 Å². The van der Waals surface area contributed by atoms with Gasteiger partial charge in [0.25, 0.3) is 0 Å². The smallest absolute Gasteiger partial charge is 0.163 e. The Bertz CT molecular complexity index is 997. The van der Waals surface area contributed by atoms with E-state index in [4.69, 9.17) is 4.74 Å². The van der Waals surface area contributed by atoms with E-state index in [2.05, 4.69) is 34.1 Å². The third-order valence-corrected chi connectivity index (χ3v) is 5.82. The van der Waals surface area contributed by atoms with E-state index in [1.165, 1.54) is 0 Å². The van der Waals surface area contributed by atoms with Gasteiger partial charge in [-0.3, -0.25) is 4.79 Å². The first-order valence-corrected chi connectivity index (χ1v) is 9.73. The van der Waals surface area contributed by atoms with Gasteiger partial charge < -0.3 is 4.74 Å². The minimum Gasteiger partial charge on any atom is -0.465 e. The van der Waals surface area contributed by atoms with Gasteiger partial charge in [-0.05, 0) is 36.1 Å². The Kier molecular flexibility index (Phi) is 4.72. The summed E-state index contributed by atoms with van der Waals surface area (Å²) in [4.78, 5) is 13.2. The Morgan fingerprint density at radius 1 is 1.04 bits per heavy atom. The van der Waals surface area contributed by atoms with Gasteiger partial charge in [0.2, 0.25) is 0 Å². The summed E-state index contributed by atoms with van der Waals surface area (Å²) in [6.07, 6.45) is 1.10. The zero-order valence-electron chi connectivity index (χ0n) is 14.9. The second kappa shape index (κ2) is 7.17. The molecular formula is C23H18BrNO2. The van der Waals surface area contributed by atoms with E-state index in [1.807, 2.05) is 49.4 Å². The summed E-state index contributed by atoms with van der Waals surface area (Å²) in [7, 11) is 0. The van der Waals surface area contributed by atoms with E-state index in [0.29, 0.717) is 35.5 Å². The molecule has 0 fully saturated rings. The number of ketones is 1. The minimum absolute atomic E-state index is 0.0678. The molecule has 0 unspecified atom stereocenters. The predicted molar refractivity (Wildman–Crippen MR) is 107 cm³/mol. The maximum atomic E-state index is 13.2.